The highest BCUT2D eigenvalue weighted by atomic mass is 16.3. The Balaban J connectivity index is 1.75. The minimum absolute atomic E-state index is 0.365. The summed E-state index contributed by atoms with van der Waals surface area (Å²) in [5.74, 6) is 2.39. The second kappa shape index (κ2) is 3.06. The van der Waals surface area contributed by atoms with Gasteiger partial charge in [0, 0.05) is 0 Å². The van der Waals surface area contributed by atoms with Crippen LogP contribution in [0.4, 0.5) is 0 Å². The van der Waals surface area contributed by atoms with Crippen molar-refractivity contribution in [3.05, 3.63) is 0 Å². The molecule has 0 spiro atoms. The van der Waals surface area contributed by atoms with E-state index in [1.165, 1.54) is 38.5 Å². The molecule has 17 heavy (non-hydrogen) atoms. The second-order valence-corrected chi connectivity index (χ2v) is 7.17. The fourth-order valence-corrected chi connectivity index (χ4v) is 5.94. The van der Waals surface area contributed by atoms with Crippen LogP contribution in [0.1, 0.15) is 51.4 Å². The first-order chi connectivity index (χ1) is 8.18. The molecule has 0 radical (unpaired) electrons. The fourth-order valence-electron chi connectivity index (χ4n) is 5.94. The summed E-state index contributed by atoms with van der Waals surface area (Å²) in [4.78, 5) is 0. The van der Waals surface area contributed by atoms with Gasteiger partial charge in [0.25, 0.3) is 0 Å². The Morgan fingerprint density at radius 3 is 2.00 bits per heavy atom. The maximum absolute atomic E-state index is 11.2. The van der Waals surface area contributed by atoms with Crippen LogP contribution in [0.5, 0.6) is 0 Å². The summed E-state index contributed by atoms with van der Waals surface area (Å²) in [5.41, 5.74) is -0.986. The van der Waals surface area contributed by atoms with Crippen molar-refractivity contribution in [2.45, 2.75) is 57.0 Å². The standard InChI is InChI=1S/C15H21NO/c16-9-14(7-10-1-3-12(14)5-10)15(17)8-11-2-4-13(15)6-11/h10-13,17H,1-8H2. The van der Waals surface area contributed by atoms with Crippen LogP contribution >= 0.6 is 0 Å². The van der Waals surface area contributed by atoms with Crippen LogP contribution in [0.2, 0.25) is 0 Å². The van der Waals surface area contributed by atoms with E-state index < -0.39 is 5.60 Å². The van der Waals surface area contributed by atoms with Gasteiger partial charge in [0.15, 0.2) is 0 Å². The Kier molecular flexibility index (Phi) is 1.87. The topological polar surface area (TPSA) is 44.0 Å². The first kappa shape index (κ1) is 10.4. The van der Waals surface area contributed by atoms with E-state index in [-0.39, 0.29) is 5.41 Å². The highest BCUT2D eigenvalue weighted by Gasteiger charge is 2.67. The van der Waals surface area contributed by atoms with E-state index in [9.17, 15) is 10.4 Å². The molecule has 1 N–H and O–H groups in total. The van der Waals surface area contributed by atoms with Gasteiger partial charge >= 0.3 is 0 Å². The van der Waals surface area contributed by atoms with Crippen LogP contribution in [-0.4, -0.2) is 10.7 Å². The van der Waals surface area contributed by atoms with Gasteiger partial charge in [0.05, 0.1) is 17.1 Å². The number of fused-ring (bicyclic) bond motifs is 4. The molecule has 0 saturated heterocycles. The summed E-state index contributed by atoms with van der Waals surface area (Å²) >= 11 is 0. The van der Waals surface area contributed by atoms with E-state index >= 15 is 0 Å². The Bertz CT molecular complexity index is 400. The molecule has 4 bridgehead atoms. The highest BCUT2D eigenvalue weighted by molar-refractivity contribution is 5.24. The van der Waals surface area contributed by atoms with Crippen LogP contribution in [0.3, 0.4) is 0 Å². The number of aliphatic hydroxyl groups is 1. The summed E-state index contributed by atoms with van der Waals surface area (Å²) in [6.07, 6.45) is 9.29. The summed E-state index contributed by atoms with van der Waals surface area (Å²) < 4.78 is 0. The molecule has 4 aliphatic rings. The van der Waals surface area contributed by atoms with Gasteiger partial charge < -0.3 is 5.11 Å². The zero-order valence-electron chi connectivity index (χ0n) is 10.4. The van der Waals surface area contributed by atoms with Crippen LogP contribution < -0.4 is 0 Å². The minimum Gasteiger partial charge on any atom is -0.388 e. The van der Waals surface area contributed by atoms with Crippen molar-refractivity contribution in [1.82, 2.24) is 0 Å². The molecule has 92 valence electrons. The predicted molar refractivity (Wildman–Crippen MR) is 63.9 cm³/mol. The van der Waals surface area contributed by atoms with Gasteiger partial charge in [-0.2, -0.15) is 5.26 Å². The molecular weight excluding hydrogens is 210 g/mol. The minimum atomic E-state index is -0.621. The lowest BCUT2D eigenvalue weighted by Crippen LogP contribution is -2.54. The molecular formula is C15H21NO. The molecule has 2 nitrogen and oxygen atoms in total. The molecule has 4 saturated carbocycles. The average Bonchev–Trinajstić information content (AvgIpc) is 3.06. The molecule has 0 heterocycles. The monoisotopic (exact) mass is 231 g/mol. The van der Waals surface area contributed by atoms with Gasteiger partial charge in [-0.3, -0.25) is 0 Å². The number of nitriles is 1. The molecule has 6 unspecified atom stereocenters. The van der Waals surface area contributed by atoms with Crippen molar-refractivity contribution < 1.29 is 5.11 Å². The third kappa shape index (κ3) is 1.06. The van der Waals surface area contributed by atoms with E-state index in [0.717, 1.165) is 18.8 Å². The summed E-state index contributed by atoms with van der Waals surface area (Å²) in [5, 5.41) is 21.0. The summed E-state index contributed by atoms with van der Waals surface area (Å²) in [6.45, 7) is 0. The molecule has 6 atom stereocenters. The normalized spacial score (nSPS) is 59.8. The van der Waals surface area contributed by atoms with Gasteiger partial charge in [-0.05, 0) is 68.6 Å². The number of hydrogen-bond donors (Lipinski definition) is 1. The quantitative estimate of drug-likeness (QED) is 0.754. The smallest absolute Gasteiger partial charge is 0.0893 e. The number of hydrogen-bond acceptors (Lipinski definition) is 2. The average molecular weight is 231 g/mol. The Morgan fingerprint density at radius 1 is 0.941 bits per heavy atom. The van der Waals surface area contributed by atoms with Crippen molar-refractivity contribution in [3.63, 3.8) is 0 Å². The molecule has 0 aromatic heterocycles. The van der Waals surface area contributed by atoms with Gasteiger partial charge in [-0.1, -0.05) is 6.42 Å². The highest BCUT2D eigenvalue weighted by Crippen LogP contribution is 2.67. The Morgan fingerprint density at radius 2 is 1.59 bits per heavy atom. The lowest BCUT2D eigenvalue weighted by Gasteiger charge is -2.48. The lowest BCUT2D eigenvalue weighted by atomic mass is 9.58. The SMILES string of the molecule is N#CC1(C2(O)CC3CCC2C3)CC2CCC1C2. The van der Waals surface area contributed by atoms with E-state index in [4.69, 9.17) is 0 Å². The molecule has 0 aromatic carbocycles. The van der Waals surface area contributed by atoms with Crippen LogP contribution in [0.15, 0.2) is 0 Å². The fraction of sp³-hybridized carbons (Fsp3) is 0.933. The van der Waals surface area contributed by atoms with Gasteiger partial charge in [0.2, 0.25) is 0 Å². The van der Waals surface area contributed by atoms with Gasteiger partial charge in [0.1, 0.15) is 0 Å². The second-order valence-electron chi connectivity index (χ2n) is 7.17. The first-order valence-electron chi connectivity index (χ1n) is 7.31. The van der Waals surface area contributed by atoms with E-state index in [1.54, 1.807) is 0 Å². The van der Waals surface area contributed by atoms with E-state index in [1.807, 2.05) is 0 Å². The maximum atomic E-state index is 11.2. The number of nitrogens with zero attached hydrogens (tertiary/aromatic N) is 1. The Labute approximate surface area is 103 Å². The van der Waals surface area contributed by atoms with Crippen LogP contribution in [-0.2, 0) is 0 Å². The third-order valence-corrected chi connectivity index (χ3v) is 6.64. The number of rotatable bonds is 1. The molecule has 0 amide bonds. The molecule has 4 fully saturated rings. The predicted octanol–water partition coefficient (Wildman–Crippen LogP) is 2.87. The van der Waals surface area contributed by atoms with Crippen molar-refractivity contribution >= 4 is 0 Å². The van der Waals surface area contributed by atoms with Crippen LogP contribution in [0.25, 0.3) is 0 Å². The molecule has 0 aromatic rings. The van der Waals surface area contributed by atoms with Crippen LogP contribution in [0, 0.1) is 40.4 Å². The molecule has 0 aliphatic heterocycles. The van der Waals surface area contributed by atoms with E-state index in [2.05, 4.69) is 6.07 Å². The third-order valence-electron chi connectivity index (χ3n) is 6.64. The largest absolute Gasteiger partial charge is 0.388 e. The zero-order chi connectivity index (χ0) is 11.7. The van der Waals surface area contributed by atoms with Crippen molar-refractivity contribution in [1.29, 1.82) is 5.26 Å². The molecule has 4 rings (SSSR count). The molecule has 4 aliphatic carbocycles. The summed E-state index contributed by atoms with van der Waals surface area (Å²) in [6, 6.07) is 2.63. The maximum Gasteiger partial charge on any atom is 0.0893 e. The zero-order valence-corrected chi connectivity index (χ0v) is 10.4. The van der Waals surface area contributed by atoms with Gasteiger partial charge in [-0.25, -0.2) is 0 Å². The molecule has 2 heteroatoms. The van der Waals surface area contributed by atoms with Crippen molar-refractivity contribution in [3.8, 4) is 6.07 Å². The van der Waals surface area contributed by atoms with Gasteiger partial charge in [-0.15, -0.1) is 0 Å². The van der Waals surface area contributed by atoms with E-state index in [0.29, 0.717) is 17.8 Å². The van der Waals surface area contributed by atoms with Crippen molar-refractivity contribution in [2.75, 3.05) is 0 Å². The summed E-state index contributed by atoms with van der Waals surface area (Å²) in [7, 11) is 0. The lowest BCUT2D eigenvalue weighted by molar-refractivity contribution is -0.119. The first-order valence-corrected chi connectivity index (χ1v) is 7.31. The Hall–Kier alpha value is -0.550. The van der Waals surface area contributed by atoms with Crippen molar-refractivity contribution in [2.24, 2.45) is 29.1 Å².